The van der Waals surface area contributed by atoms with Crippen LogP contribution in [-0.2, 0) is 33.4 Å². The van der Waals surface area contributed by atoms with E-state index in [-0.39, 0.29) is 22.8 Å². The molecular weight excluding hydrogens is 632 g/mol. The third kappa shape index (κ3) is 9.17. The third-order valence-electron chi connectivity index (χ3n) is 6.76. The summed E-state index contributed by atoms with van der Waals surface area (Å²) < 4.78 is 16.4. The first-order valence-electron chi connectivity index (χ1n) is 13.9. The molecule has 14 heteroatoms. The molecule has 1 aliphatic carbocycles. The van der Waals surface area contributed by atoms with Crippen molar-refractivity contribution >= 4 is 42.1 Å². The minimum Gasteiger partial charge on any atom is -0.504 e. The Labute approximate surface area is 271 Å². The molecule has 4 rings (SSSR count). The van der Waals surface area contributed by atoms with E-state index in [2.05, 4.69) is 0 Å². The fourth-order valence-electron chi connectivity index (χ4n) is 4.38. The van der Waals surface area contributed by atoms with Gasteiger partial charge in [-0.25, -0.2) is 19.2 Å². The fourth-order valence-corrected chi connectivity index (χ4v) is 4.38. The van der Waals surface area contributed by atoms with Crippen molar-refractivity contribution in [3.8, 4) is 34.5 Å². The van der Waals surface area contributed by atoms with Crippen LogP contribution in [0.5, 0.6) is 34.5 Å². The monoisotopic (exact) mass is 660 g/mol. The van der Waals surface area contributed by atoms with E-state index in [1.54, 1.807) is 0 Å². The second kappa shape index (κ2) is 15.1. The SMILES string of the molecule is O=C(/C=C/c1ccc(O)c(O)c1)O[C@@H]1[C@H](OC(=O)/C=C/c2ccc(O)c(O)c2)C=C(C(=O)O)C[C@H]1OC(=O)/C=C/c1ccc(O)c(O)c1. The minimum atomic E-state index is -1.58. The van der Waals surface area contributed by atoms with E-state index in [1.807, 2.05) is 0 Å². The van der Waals surface area contributed by atoms with Gasteiger partial charge in [0.25, 0.3) is 0 Å². The Kier molecular flexibility index (Phi) is 10.7. The topological polar surface area (TPSA) is 238 Å². The molecule has 14 nitrogen and oxygen atoms in total. The number of ether oxygens (including phenoxy) is 3. The van der Waals surface area contributed by atoms with Gasteiger partial charge in [0.15, 0.2) is 46.7 Å². The summed E-state index contributed by atoms with van der Waals surface area (Å²) in [5.74, 6) is -7.03. The molecule has 0 spiro atoms. The molecule has 0 bridgehead atoms. The molecule has 0 unspecified atom stereocenters. The van der Waals surface area contributed by atoms with E-state index in [1.165, 1.54) is 54.6 Å². The van der Waals surface area contributed by atoms with Crippen LogP contribution >= 0.6 is 0 Å². The summed E-state index contributed by atoms with van der Waals surface area (Å²) in [5.41, 5.74) is 0.557. The number of hydrogen-bond donors (Lipinski definition) is 7. The van der Waals surface area contributed by atoms with Gasteiger partial charge in [-0.3, -0.25) is 0 Å². The summed E-state index contributed by atoms with van der Waals surface area (Å²) in [6.07, 6.45) is 2.44. The maximum absolute atomic E-state index is 12.9. The predicted molar refractivity (Wildman–Crippen MR) is 166 cm³/mol. The standard InChI is InChI=1S/C34H28O14/c35-22-7-1-18(13-25(22)38)4-10-30(41)46-28-16-21(34(44)45)17-29(47-31(42)11-5-19-2-8-23(36)26(39)14-19)33(28)48-32(43)12-6-20-3-9-24(37)27(40)15-20/h1-16,28-29,33,35-40H,17H2,(H,44,45)/b10-4+,11-5+,12-6+/t28-,29-,33-/m1/s1. The highest BCUT2D eigenvalue weighted by Gasteiger charge is 2.42. The number of carboxylic acids is 1. The van der Waals surface area contributed by atoms with Crippen molar-refractivity contribution in [1.29, 1.82) is 0 Å². The Morgan fingerprint density at radius 2 is 0.958 bits per heavy atom. The molecule has 3 atom stereocenters. The minimum absolute atomic E-state index is 0.292. The van der Waals surface area contributed by atoms with Crippen LogP contribution in [0.2, 0.25) is 0 Å². The number of benzene rings is 3. The third-order valence-corrected chi connectivity index (χ3v) is 6.76. The first kappa shape index (κ1) is 34.2. The Morgan fingerprint density at radius 1 is 0.562 bits per heavy atom. The first-order valence-corrected chi connectivity index (χ1v) is 13.9. The molecule has 0 aromatic heterocycles. The molecule has 248 valence electrons. The lowest BCUT2D eigenvalue weighted by Gasteiger charge is -2.34. The summed E-state index contributed by atoms with van der Waals surface area (Å²) in [6, 6.07) is 11.2. The molecular formula is C34H28O14. The van der Waals surface area contributed by atoms with Crippen molar-refractivity contribution in [3.05, 3.63) is 101 Å². The molecule has 3 aromatic carbocycles. The van der Waals surface area contributed by atoms with Gasteiger partial charge in [-0.1, -0.05) is 18.2 Å². The number of carbonyl (C=O) groups excluding carboxylic acids is 3. The van der Waals surface area contributed by atoms with Crippen LogP contribution < -0.4 is 0 Å². The summed E-state index contributed by atoms with van der Waals surface area (Å²) >= 11 is 0. The molecule has 0 saturated heterocycles. The number of hydrogen-bond acceptors (Lipinski definition) is 13. The zero-order valence-electron chi connectivity index (χ0n) is 24.7. The number of aliphatic carboxylic acids is 1. The van der Waals surface area contributed by atoms with Crippen LogP contribution in [0.1, 0.15) is 23.1 Å². The summed E-state index contributed by atoms with van der Waals surface area (Å²) in [6.45, 7) is 0. The molecule has 0 aliphatic heterocycles. The van der Waals surface area contributed by atoms with Gasteiger partial charge < -0.3 is 50.0 Å². The molecule has 0 heterocycles. The predicted octanol–water partition coefficient (Wildman–Crippen LogP) is 3.51. The summed E-state index contributed by atoms with van der Waals surface area (Å²) in [5, 5.41) is 67.3. The van der Waals surface area contributed by atoms with E-state index in [0.29, 0.717) is 16.7 Å². The average molecular weight is 661 g/mol. The zero-order valence-corrected chi connectivity index (χ0v) is 24.7. The molecule has 1 aliphatic rings. The molecule has 7 N–H and O–H groups in total. The number of carboxylic acid groups (broad SMARTS) is 1. The van der Waals surface area contributed by atoms with Crippen molar-refractivity contribution < 1.29 is 69.1 Å². The van der Waals surface area contributed by atoms with Gasteiger partial charge in [-0.05, 0) is 77.4 Å². The Bertz CT molecular complexity index is 1850. The lowest BCUT2D eigenvalue weighted by atomic mass is 9.91. The van der Waals surface area contributed by atoms with E-state index < -0.39 is 65.9 Å². The van der Waals surface area contributed by atoms with Crippen LogP contribution in [0.4, 0.5) is 0 Å². The van der Waals surface area contributed by atoms with E-state index >= 15 is 0 Å². The molecule has 0 amide bonds. The lowest BCUT2D eigenvalue weighted by Crippen LogP contribution is -2.47. The second-order valence-corrected chi connectivity index (χ2v) is 10.2. The van der Waals surface area contributed by atoms with Crippen molar-refractivity contribution in [2.45, 2.75) is 24.7 Å². The quantitative estimate of drug-likeness (QED) is 0.0713. The Morgan fingerprint density at radius 3 is 1.35 bits per heavy atom. The summed E-state index contributed by atoms with van der Waals surface area (Å²) in [7, 11) is 0. The molecule has 3 aromatic rings. The van der Waals surface area contributed by atoms with Gasteiger partial charge in [0.2, 0.25) is 0 Å². The highest BCUT2D eigenvalue weighted by Crippen LogP contribution is 2.30. The number of aromatic hydroxyl groups is 6. The van der Waals surface area contributed by atoms with Gasteiger partial charge in [-0.15, -0.1) is 0 Å². The Balaban J connectivity index is 1.60. The zero-order chi connectivity index (χ0) is 35.0. The van der Waals surface area contributed by atoms with Crippen LogP contribution in [0, 0.1) is 0 Å². The van der Waals surface area contributed by atoms with Crippen molar-refractivity contribution in [2.75, 3.05) is 0 Å². The Hall–Kier alpha value is -6.70. The van der Waals surface area contributed by atoms with E-state index in [4.69, 9.17) is 14.2 Å². The molecule has 48 heavy (non-hydrogen) atoms. The smallest absolute Gasteiger partial charge is 0.331 e. The maximum Gasteiger partial charge on any atom is 0.331 e. The van der Waals surface area contributed by atoms with Gasteiger partial charge in [0.1, 0.15) is 6.10 Å². The maximum atomic E-state index is 12.9. The fraction of sp³-hybridized carbons (Fsp3) is 0.118. The average Bonchev–Trinajstić information content (AvgIpc) is 3.04. The number of carbonyl (C=O) groups is 4. The van der Waals surface area contributed by atoms with Crippen molar-refractivity contribution in [1.82, 2.24) is 0 Å². The lowest BCUT2D eigenvalue weighted by molar-refractivity contribution is -0.176. The van der Waals surface area contributed by atoms with Gasteiger partial charge in [0, 0.05) is 30.2 Å². The van der Waals surface area contributed by atoms with Crippen molar-refractivity contribution in [3.63, 3.8) is 0 Å². The normalized spacial score (nSPS) is 17.7. The van der Waals surface area contributed by atoms with Crippen LogP contribution in [0.25, 0.3) is 18.2 Å². The van der Waals surface area contributed by atoms with Crippen molar-refractivity contribution in [2.24, 2.45) is 0 Å². The largest absolute Gasteiger partial charge is 0.504 e. The molecule has 0 saturated carbocycles. The molecule has 0 fully saturated rings. The number of phenols is 6. The molecule has 0 radical (unpaired) electrons. The first-order chi connectivity index (χ1) is 22.8. The van der Waals surface area contributed by atoms with E-state index in [0.717, 1.165) is 42.5 Å². The highest BCUT2D eigenvalue weighted by atomic mass is 16.6. The summed E-state index contributed by atoms with van der Waals surface area (Å²) in [4.78, 5) is 50.5. The van der Waals surface area contributed by atoms with Crippen LogP contribution in [0.3, 0.4) is 0 Å². The second-order valence-electron chi connectivity index (χ2n) is 10.2. The number of rotatable bonds is 10. The number of esters is 3. The van der Waals surface area contributed by atoms with Crippen LogP contribution in [-0.4, -0.2) is 77.9 Å². The van der Waals surface area contributed by atoms with Gasteiger partial charge in [-0.2, -0.15) is 0 Å². The van der Waals surface area contributed by atoms with Gasteiger partial charge >= 0.3 is 23.9 Å². The van der Waals surface area contributed by atoms with E-state index in [9.17, 15) is 54.9 Å². The van der Waals surface area contributed by atoms with Crippen LogP contribution in [0.15, 0.2) is 84.5 Å². The number of phenolic OH excluding ortho intramolecular Hbond substituents is 6. The highest BCUT2D eigenvalue weighted by molar-refractivity contribution is 5.91. The van der Waals surface area contributed by atoms with Gasteiger partial charge in [0.05, 0.1) is 0 Å².